The highest BCUT2D eigenvalue weighted by Gasteiger charge is 1.83. The highest BCUT2D eigenvalue weighted by molar-refractivity contribution is 4.85. The van der Waals surface area contributed by atoms with Crippen LogP contribution in [0.2, 0.25) is 0 Å². The van der Waals surface area contributed by atoms with Crippen LogP contribution in [0.5, 0.6) is 0 Å². The van der Waals surface area contributed by atoms with Gasteiger partial charge in [0.15, 0.2) is 0 Å². The molecule has 5 nitrogen and oxygen atoms in total. The first-order valence-corrected chi connectivity index (χ1v) is 4.83. The van der Waals surface area contributed by atoms with E-state index in [0.717, 1.165) is 24.5 Å². The molecule has 0 unspecified atom stereocenters. The smallest absolute Gasteiger partial charge is 0.105 e. The molecule has 2 heterocycles. The van der Waals surface area contributed by atoms with Gasteiger partial charge in [-0.2, -0.15) is 0 Å². The summed E-state index contributed by atoms with van der Waals surface area (Å²) in [6.45, 7) is 4.14. The van der Waals surface area contributed by atoms with E-state index in [-0.39, 0.29) is 5.48 Å². The maximum atomic E-state index is 3.98. The third-order valence-corrected chi connectivity index (χ3v) is 1.78. The van der Waals surface area contributed by atoms with Gasteiger partial charge in [-0.05, 0) is 0 Å². The third-order valence-electron chi connectivity index (χ3n) is 1.78. The Hall–Kier alpha value is -1.62. The number of nitrogens with one attached hydrogen (secondary N) is 2. The zero-order chi connectivity index (χ0) is 10.2. The van der Waals surface area contributed by atoms with Crippen LogP contribution in [-0.2, 0) is 12.8 Å². The summed E-state index contributed by atoms with van der Waals surface area (Å²) in [6, 6.07) is 0. The van der Waals surface area contributed by atoms with E-state index in [9.17, 15) is 0 Å². The van der Waals surface area contributed by atoms with Gasteiger partial charge in [-0.25, -0.2) is 9.97 Å². The maximum absolute atomic E-state index is 3.98. The molecular formula is C10H18N4O. The summed E-state index contributed by atoms with van der Waals surface area (Å²) in [5, 5.41) is 0. The normalized spacial score (nSPS) is 8.67. The number of aryl methyl sites for hydroxylation is 2. The molecule has 2 aromatic heterocycles. The van der Waals surface area contributed by atoms with Gasteiger partial charge < -0.3 is 15.4 Å². The molecule has 0 radical (unpaired) electrons. The molecule has 4 N–H and O–H groups in total. The van der Waals surface area contributed by atoms with Gasteiger partial charge >= 0.3 is 0 Å². The van der Waals surface area contributed by atoms with E-state index >= 15 is 0 Å². The molecule has 0 spiro atoms. The summed E-state index contributed by atoms with van der Waals surface area (Å²) >= 11 is 0. The first-order chi connectivity index (χ1) is 6.86. The molecule has 0 aliphatic heterocycles. The number of nitrogens with zero attached hydrogens (tertiary/aromatic N) is 2. The zero-order valence-electron chi connectivity index (χ0n) is 9.12. The monoisotopic (exact) mass is 210 g/mol. The maximum Gasteiger partial charge on any atom is 0.105 e. The molecule has 0 aliphatic carbocycles. The standard InChI is InChI=1S/2C5H8N2.H2O/c2*1-2-5-6-3-4-7-5;/h2*3-4H,2H2,1H3,(H,6,7);1H2. The Kier molecular flexibility index (Phi) is 6.92. The summed E-state index contributed by atoms with van der Waals surface area (Å²) in [5.41, 5.74) is 0. The Bertz CT molecular complexity index is 281. The molecule has 0 aromatic carbocycles. The molecule has 84 valence electrons. The number of aromatic amines is 2. The molecule has 0 fully saturated rings. The third kappa shape index (κ3) is 4.97. The Labute approximate surface area is 89.3 Å². The molecule has 5 heteroatoms. The van der Waals surface area contributed by atoms with Crippen molar-refractivity contribution in [1.29, 1.82) is 0 Å². The molecule has 0 atom stereocenters. The molecule has 0 aliphatic rings. The van der Waals surface area contributed by atoms with Crippen LogP contribution in [-0.4, -0.2) is 25.4 Å². The lowest BCUT2D eigenvalue weighted by Crippen LogP contribution is -1.78. The predicted molar refractivity (Wildman–Crippen MR) is 59.5 cm³/mol. The van der Waals surface area contributed by atoms with E-state index in [0.29, 0.717) is 0 Å². The Morgan fingerprint density at radius 1 is 0.933 bits per heavy atom. The van der Waals surface area contributed by atoms with Crippen LogP contribution in [0.25, 0.3) is 0 Å². The minimum absolute atomic E-state index is 0. The minimum Gasteiger partial charge on any atom is -0.412 e. The lowest BCUT2D eigenvalue weighted by Gasteiger charge is -1.79. The molecule has 0 saturated carbocycles. The lowest BCUT2D eigenvalue weighted by atomic mass is 10.5. The van der Waals surface area contributed by atoms with Crippen molar-refractivity contribution in [3.63, 3.8) is 0 Å². The van der Waals surface area contributed by atoms with Crippen molar-refractivity contribution in [3.05, 3.63) is 36.4 Å². The Morgan fingerprint density at radius 3 is 1.47 bits per heavy atom. The fraction of sp³-hybridized carbons (Fsp3) is 0.400. The quantitative estimate of drug-likeness (QED) is 0.777. The van der Waals surface area contributed by atoms with Gasteiger partial charge in [-0.3, -0.25) is 0 Å². The summed E-state index contributed by atoms with van der Waals surface area (Å²) in [4.78, 5) is 13.9. The van der Waals surface area contributed by atoms with Crippen molar-refractivity contribution in [2.45, 2.75) is 26.7 Å². The van der Waals surface area contributed by atoms with Crippen LogP contribution >= 0.6 is 0 Å². The Balaban J connectivity index is 0.000000245. The van der Waals surface area contributed by atoms with Gasteiger partial charge in [-0.15, -0.1) is 0 Å². The van der Waals surface area contributed by atoms with E-state index in [4.69, 9.17) is 0 Å². The lowest BCUT2D eigenvalue weighted by molar-refractivity contribution is 0.824. The zero-order valence-corrected chi connectivity index (χ0v) is 9.12. The van der Waals surface area contributed by atoms with E-state index in [2.05, 4.69) is 33.8 Å². The second kappa shape index (κ2) is 7.75. The summed E-state index contributed by atoms with van der Waals surface area (Å²) < 4.78 is 0. The largest absolute Gasteiger partial charge is 0.412 e. The average Bonchev–Trinajstić information content (AvgIpc) is 2.92. The van der Waals surface area contributed by atoms with Gasteiger partial charge in [-0.1, -0.05) is 13.8 Å². The number of hydrogen-bond donors (Lipinski definition) is 2. The minimum atomic E-state index is 0. The highest BCUT2D eigenvalue weighted by Crippen LogP contribution is 1.86. The number of aromatic nitrogens is 4. The van der Waals surface area contributed by atoms with Crippen molar-refractivity contribution in [1.82, 2.24) is 19.9 Å². The highest BCUT2D eigenvalue weighted by atomic mass is 16.0. The van der Waals surface area contributed by atoms with Gasteiger partial charge in [0, 0.05) is 37.6 Å². The van der Waals surface area contributed by atoms with E-state index < -0.39 is 0 Å². The number of rotatable bonds is 2. The molecule has 2 aromatic rings. The van der Waals surface area contributed by atoms with Crippen LogP contribution in [0.3, 0.4) is 0 Å². The number of hydrogen-bond acceptors (Lipinski definition) is 2. The van der Waals surface area contributed by atoms with Gasteiger partial charge in [0.25, 0.3) is 0 Å². The van der Waals surface area contributed by atoms with E-state index in [1.807, 2.05) is 12.4 Å². The van der Waals surface area contributed by atoms with Crippen LogP contribution in [0.1, 0.15) is 25.5 Å². The molecule has 15 heavy (non-hydrogen) atoms. The summed E-state index contributed by atoms with van der Waals surface area (Å²) in [5.74, 6) is 2.11. The van der Waals surface area contributed by atoms with Crippen molar-refractivity contribution < 1.29 is 5.48 Å². The second-order valence-electron chi connectivity index (χ2n) is 2.78. The van der Waals surface area contributed by atoms with E-state index in [1.165, 1.54) is 0 Å². The molecule has 0 bridgehead atoms. The van der Waals surface area contributed by atoms with Gasteiger partial charge in [0.1, 0.15) is 11.6 Å². The first-order valence-electron chi connectivity index (χ1n) is 4.83. The van der Waals surface area contributed by atoms with Crippen molar-refractivity contribution in [3.8, 4) is 0 Å². The van der Waals surface area contributed by atoms with E-state index in [1.54, 1.807) is 12.4 Å². The van der Waals surface area contributed by atoms with Crippen LogP contribution < -0.4 is 0 Å². The van der Waals surface area contributed by atoms with Crippen molar-refractivity contribution in [2.75, 3.05) is 0 Å². The molecule has 0 amide bonds. The molecule has 0 saturated heterocycles. The fourth-order valence-electron chi connectivity index (χ4n) is 0.983. The average molecular weight is 210 g/mol. The van der Waals surface area contributed by atoms with Gasteiger partial charge in [0.2, 0.25) is 0 Å². The summed E-state index contributed by atoms with van der Waals surface area (Å²) in [6.07, 6.45) is 9.18. The Morgan fingerprint density at radius 2 is 1.33 bits per heavy atom. The van der Waals surface area contributed by atoms with Crippen molar-refractivity contribution >= 4 is 0 Å². The number of H-pyrrole nitrogens is 2. The predicted octanol–water partition coefficient (Wildman–Crippen LogP) is 1.12. The molecular weight excluding hydrogens is 192 g/mol. The topological polar surface area (TPSA) is 88.9 Å². The second-order valence-corrected chi connectivity index (χ2v) is 2.78. The van der Waals surface area contributed by atoms with Crippen LogP contribution in [0.4, 0.5) is 0 Å². The summed E-state index contributed by atoms with van der Waals surface area (Å²) in [7, 11) is 0. The van der Waals surface area contributed by atoms with Crippen LogP contribution in [0.15, 0.2) is 24.8 Å². The first kappa shape index (κ1) is 13.4. The van der Waals surface area contributed by atoms with Crippen molar-refractivity contribution in [2.24, 2.45) is 0 Å². The van der Waals surface area contributed by atoms with Gasteiger partial charge in [0.05, 0.1) is 0 Å². The molecule has 2 rings (SSSR count). The number of imidazole rings is 2. The van der Waals surface area contributed by atoms with Crippen LogP contribution in [0, 0.1) is 0 Å². The SMILES string of the molecule is CCc1ncc[nH]1.CCc1ncc[nH]1.O. The fourth-order valence-corrected chi connectivity index (χ4v) is 0.983.